The first kappa shape index (κ1) is 15.8. The molecule has 0 aromatic heterocycles. The van der Waals surface area contributed by atoms with E-state index in [2.05, 4.69) is 21.2 Å². The first-order chi connectivity index (χ1) is 9.64. The molecular formula is C15H18BrNO4. The average Bonchev–Trinajstić information content (AvgIpc) is 3.03. The molecular weight excluding hydrogens is 338 g/mol. The van der Waals surface area contributed by atoms with Crippen LogP contribution < -0.4 is 5.32 Å². The largest absolute Gasteiger partial charge is 0.479 e. The van der Waals surface area contributed by atoms with E-state index < -0.39 is 23.2 Å². The second-order valence-corrected chi connectivity index (χ2v) is 7.13. The molecule has 0 radical (unpaired) electrons. The summed E-state index contributed by atoms with van der Waals surface area (Å²) in [5.41, 5.74) is -1.04. The Labute approximate surface area is 131 Å². The van der Waals surface area contributed by atoms with Gasteiger partial charge in [-0.15, -0.1) is 0 Å². The van der Waals surface area contributed by atoms with Crippen LogP contribution in [0.5, 0.6) is 0 Å². The van der Waals surface area contributed by atoms with E-state index in [9.17, 15) is 14.7 Å². The normalized spacial score (nSPS) is 24.3. The Bertz CT molecular complexity index is 564. The highest BCUT2D eigenvalue weighted by Crippen LogP contribution is 2.51. The highest BCUT2D eigenvalue weighted by atomic mass is 79.9. The van der Waals surface area contributed by atoms with Crippen LogP contribution >= 0.6 is 15.9 Å². The number of carboxylic acid groups (broad SMARTS) is 1. The lowest BCUT2D eigenvalue weighted by Crippen LogP contribution is -2.46. The summed E-state index contributed by atoms with van der Waals surface area (Å²) in [5, 5.41) is 12.0. The van der Waals surface area contributed by atoms with E-state index in [1.165, 1.54) is 0 Å². The maximum Gasteiger partial charge on any atom is 0.408 e. The van der Waals surface area contributed by atoms with Gasteiger partial charge >= 0.3 is 12.1 Å². The topological polar surface area (TPSA) is 75.6 Å². The third-order valence-electron chi connectivity index (χ3n) is 3.34. The smallest absolute Gasteiger partial charge is 0.408 e. The zero-order valence-electron chi connectivity index (χ0n) is 12.1. The van der Waals surface area contributed by atoms with Crippen LogP contribution in [0.15, 0.2) is 28.7 Å². The Kier molecular flexibility index (Phi) is 4.02. The van der Waals surface area contributed by atoms with Crippen molar-refractivity contribution < 1.29 is 19.4 Å². The molecule has 114 valence electrons. The first-order valence-electron chi connectivity index (χ1n) is 6.64. The molecule has 2 N–H and O–H groups in total. The predicted molar refractivity (Wildman–Crippen MR) is 81.2 cm³/mol. The van der Waals surface area contributed by atoms with Crippen LogP contribution in [0.25, 0.3) is 0 Å². The number of alkyl carbamates (subject to hydrolysis) is 1. The molecule has 2 unspecified atom stereocenters. The third-order valence-corrected chi connectivity index (χ3v) is 3.87. The van der Waals surface area contributed by atoms with Crippen LogP contribution in [0.2, 0.25) is 0 Å². The SMILES string of the molecule is CC(C)(C)OC(=O)NC1(C(=O)O)CC1c1ccc(Br)cc1. The van der Waals surface area contributed by atoms with Gasteiger partial charge in [0.1, 0.15) is 11.1 Å². The van der Waals surface area contributed by atoms with Gasteiger partial charge in [0.25, 0.3) is 0 Å². The number of rotatable bonds is 3. The van der Waals surface area contributed by atoms with Crippen molar-refractivity contribution in [1.82, 2.24) is 5.32 Å². The number of ether oxygens (including phenoxy) is 1. The summed E-state index contributed by atoms with van der Waals surface area (Å²) in [7, 11) is 0. The number of amides is 1. The summed E-state index contributed by atoms with van der Waals surface area (Å²) in [6.45, 7) is 5.21. The fourth-order valence-corrected chi connectivity index (χ4v) is 2.54. The second-order valence-electron chi connectivity index (χ2n) is 6.21. The van der Waals surface area contributed by atoms with E-state index in [1.807, 2.05) is 24.3 Å². The quantitative estimate of drug-likeness (QED) is 0.872. The number of carbonyl (C=O) groups is 2. The molecule has 1 saturated carbocycles. The average molecular weight is 356 g/mol. The number of carboxylic acids is 1. The molecule has 1 aromatic carbocycles. The summed E-state index contributed by atoms with van der Waals surface area (Å²) in [5.74, 6) is -1.28. The Hall–Kier alpha value is -1.56. The van der Waals surface area contributed by atoms with Crippen molar-refractivity contribution in [2.24, 2.45) is 0 Å². The minimum atomic E-state index is -1.27. The van der Waals surface area contributed by atoms with Gasteiger partial charge in [-0.25, -0.2) is 9.59 Å². The summed E-state index contributed by atoms with van der Waals surface area (Å²) in [6, 6.07) is 7.42. The second kappa shape index (κ2) is 5.33. The number of halogens is 1. The van der Waals surface area contributed by atoms with Gasteiger partial charge in [-0.3, -0.25) is 0 Å². The standard InChI is InChI=1S/C15H18BrNO4/c1-14(2,3)21-13(20)17-15(12(18)19)8-11(15)9-4-6-10(16)7-5-9/h4-7,11H,8H2,1-3H3,(H,17,20)(H,18,19). The van der Waals surface area contributed by atoms with Crippen molar-refractivity contribution in [3.8, 4) is 0 Å². The van der Waals surface area contributed by atoms with Crippen LogP contribution in [0.3, 0.4) is 0 Å². The van der Waals surface area contributed by atoms with Crippen LogP contribution in [-0.4, -0.2) is 28.3 Å². The van der Waals surface area contributed by atoms with Gasteiger partial charge in [0.2, 0.25) is 0 Å². The van der Waals surface area contributed by atoms with Gasteiger partial charge in [-0.1, -0.05) is 28.1 Å². The molecule has 2 rings (SSSR count). The number of hydrogen-bond acceptors (Lipinski definition) is 3. The number of hydrogen-bond donors (Lipinski definition) is 2. The molecule has 2 atom stereocenters. The van der Waals surface area contributed by atoms with E-state index in [4.69, 9.17) is 4.74 Å². The van der Waals surface area contributed by atoms with Crippen molar-refractivity contribution in [2.75, 3.05) is 0 Å². The van der Waals surface area contributed by atoms with Gasteiger partial charge in [-0.2, -0.15) is 0 Å². The summed E-state index contributed by atoms with van der Waals surface area (Å²) >= 11 is 3.34. The minimum absolute atomic E-state index is 0.240. The fourth-order valence-electron chi connectivity index (χ4n) is 2.27. The highest BCUT2D eigenvalue weighted by molar-refractivity contribution is 9.10. The van der Waals surface area contributed by atoms with E-state index in [-0.39, 0.29) is 5.92 Å². The van der Waals surface area contributed by atoms with Crippen molar-refractivity contribution in [3.05, 3.63) is 34.3 Å². The fraction of sp³-hybridized carbons (Fsp3) is 0.467. The maximum absolute atomic E-state index is 11.8. The predicted octanol–water partition coefficient (Wildman–Crippen LogP) is 3.28. The molecule has 21 heavy (non-hydrogen) atoms. The summed E-state index contributed by atoms with van der Waals surface area (Å²) in [6.07, 6.45) is -0.340. The van der Waals surface area contributed by atoms with E-state index in [1.54, 1.807) is 20.8 Å². The van der Waals surface area contributed by atoms with E-state index in [0.717, 1.165) is 10.0 Å². The zero-order chi connectivity index (χ0) is 15.8. The number of carbonyl (C=O) groups excluding carboxylic acids is 1. The molecule has 1 aliphatic carbocycles. The lowest BCUT2D eigenvalue weighted by Gasteiger charge is -2.22. The van der Waals surface area contributed by atoms with E-state index in [0.29, 0.717) is 6.42 Å². The molecule has 1 amide bonds. The highest BCUT2D eigenvalue weighted by Gasteiger charge is 2.62. The molecule has 0 saturated heterocycles. The number of benzene rings is 1. The molecule has 0 aliphatic heterocycles. The minimum Gasteiger partial charge on any atom is -0.479 e. The Balaban J connectivity index is 2.12. The lowest BCUT2D eigenvalue weighted by atomic mass is 10.1. The van der Waals surface area contributed by atoms with Gasteiger partial charge < -0.3 is 15.2 Å². The van der Waals surface area contributed by atoms with Crippen molar-refractivity contribution in [1.29, 1.82) is 0 Å². The van der Waals surface area contributed by atoms with Crippen molar-refractivity contribution in [2.45, 2.75) is 44.2 Å². The van der Waals surface area contributed by atoms with Gasteiger partial charge in [0, 0.05) is 10.4 Å². The van der Waals surface area contributed by atoms with Crippen LogP contribution in [0.4, 0.5) is 4.79 Å². The van der Waals surface area contributed by atoms with Gasteiger partial charge in [-0.05, 0) is 44.9 Å². The molecule has 1 aromatic rings. The molecule has 0 heterocycles. The van der Waals surface area contributed by atoms with Gasteiger partial charge in [0.15, 0.2) is 0 Å². The first-order valence-corrected chi connectivity index (χ1v) is 7.43. The molecule has 0 bridgehead atoms. The Morgan fingerprint density at radius 2 is 1.90 bits per heavy atom. The summed E-state index contributed by atoms with van der Waals surface area (Å²) in [4.78, 5) is 23.4. The molecule has 5 nitrogen and oxygen atoms in total. The third kappa shape index (κ3) is 3.56. The number of aliphatic carboxylic acids is 1. The summed E-state index contributed by atoms with van der Waals surface area (Å²) < 4.78 is 6.07. The molecule has 6 heteroatoms. The molecule has 0 spiro atoms. The lowest BCUT2D eigenvalue weighted by molar-refractivity contribution is -0.140. The maximum atomic E-state index is 11.8. The van der Waals surface area contributed by atoms with Crippen molar-refractivity contribution in [3.63, 3.8) is 0 Å². The van der Waals surface area contributed by atoms with Gasteiger partial charge in [0.05, 0.1) is 0 Å². The van der Waals surface area contributed by atoms with Crippen LogP contribution in [-0.2, 0) is 9.53 Å². The van der Waals surface area contributed by atoms with Crippen LogP contribution in [0, 0.1) is 0 Å². The van der Waals surface area contributed by atoms with Crippen molar-refractivity contribution >= 4 is 28.0 Å². The number of nitrogens with one attached hydrogen (secondary N) is 1. The Morgan fingerprint density at radius 1 is 1.33 bits per heavy atom. The molecule has 1 aliphatic rings. The van der Waals surface area contributed by atoms with E-state index >= 15 is 0 Å². The van der Waals surface area contributed by atoms with Crippen LogP contribution in [0.1, 0.15) is 38.7 Å². The molecule has 1 fully saturated rings. The zero-order valence-corrected chi connectivity index (χ0v) is 13.7. The monoisotopic (exact) mass is 355 g/mol. The Morgan fingerprint density at radius 3 is 2.38 bits per heavy atom.